The van der Waals surface area contributed by atoms with Crippen LogP contribution < -0.4 is 5.32 Å². The van der Waals surface area contributed by atoms with Crippen LogP contribution in [0, 0.1) is 0 Å². The van der Waals surface area contributed by atoms with Gasteiger partial charge in [0.1, 0.15) is 0 Å². The Labute approximate surface area is 99.7 Å². The summed E-state index contributed by atoms with van der Waals surface area (Å²) in [6, 6.07) is 10.1. The molecule has 0 bridgehead atoms. The Hall–Kier alpha value is -1.65. The highest BCUT2D eigenvalue weighted by molar-refractivity contribution is 5.36. The Balaban J connectivity index is 1.75. The number of benzene rings is 1. The first kappa shape index (κ1) is 10.5. The monoisotopic (exact) mass is 229 g/mol. The van der Waals surface area contributed by atoms with Gasteiger partial charge < -0.3 is 10.4 Å². The molecule has 0 saturated carbocycles. The van der Waals surface area contributed by atoms with Gasteiger partial charge in [0.15, 0.2) is 0 Å². The average Bonchev–Trinajstić information content (AvgIpc) is 2.93. The first-order valence-corrected chi connectivity index (χ1v) is 5.82. The van der Waals surface area contributed by atoms with E-state index >= 15 is 0 Å². The first-order valence-electron chi connectivity index (χ1n) is 5.82. The number of nitrogens with one attached hydrogen (secondary N) is 2. The summed E-state index contributed by atoms with van der Waals surface area (Å²) >= 11 is 0. The van der Waals surface area contributed by atoms with Crippen molar-refractivity contribution in [1.82, 2.24) is 15.5 Å². The molecule has 3 rings (SSSR count). The third kappa shape index (κ3) is 1.97. The van der Waals surface area contributed by atoms with Crippen LogP contribution in [-0.4, -0.2) is 21.4 Å². The number of fused-ring (bicyclic) bond motifs is 1. The molecule has 0 aliphatic heterocycles. The lowest BCUT2D eigenvalue weighted by atomic mass is 10.1. The number of aromatic amines is 1. The molecule has 2 atom stereocenters. The molecule has 88 valence electrons. The zero-order valence-corrected chi connectivity index (χ0v) is 9.43. The molecule has 1 heterocycles. The number of hydrogen-bond donors (Lipinski definition) is 3. The van der Waals surface area contributed by atoms with Crippen molar-refractivity contribution in [2.24, 2.45) is 0 Å². The molecule has 1 aliphatic carbocycles. The molecule has 3 N–H and O–H groups in total. The summed E-state index contributed by atoms with van der Waals surface area (Å²) in [6.45, 7) is 0.691. The van der Waals surface area contributed by atoms with Crippen LogP contribution in [0.4, 0.5) is 0 Å². The van der Waals surface area contributed by atoms with E-state index in [4.69, 9.17) is 0 Å². The highest BCUT2D eigenvalue weighted by atomic mass is 16.3. The summed E-state index contributed by atoms with van der Waals surface area (Å²) in [7, 11) is 0. The van der Waals surface area contributed by atoms with Crippen molar-refractivity contribution in [3.63, 3.8) is 0 Å². The van der Waals surface area contributed by atoms with E-state index in [1.54, 1.807) is 6.20 Å². The molecule has 4 nitrogen and oxygen atoms in total. The molecule has 0 amide bonds. The van der Waals surface area contributed by atoms with Crippen molar-refractivity contribution < 1.29 is 5.11 Å². The molecule has 1 aromatic heterocycles. The molecule has 1 aliphatic rings. The zero-order valence-electron chi connectivity index (χ0n) is 9.43. The maximum atomic E-state index is 10.1. The van der Waals surface area contributed by atoms with Crippen LogP contribution in [0.15, 0.2) is 36.5 Å². The van der Waals surface area contributed by atoms with Crippen LogP contribution in [0.25, 0.3) is 0 Å². The van der Waals surface area contributed by atoms with Crippen molar-refractivity contribution in [2.75, 3.05) is 0 Å². The number of nitrogens with zero attached hydrogens (tertiary/aromatic N) is 1. The number of rotatable bonds is 3. The summed E-state index contributed by atoms with van der Waals surface area (Å²) in [4.78, 5) is 0. The Bertz CT molecular complexity index is 495. The van der Waals surface area contributed by atoms with E-state index in [0.29, 0.717) is 6.54 Å². The van der Waals surface area contributed by atoms with Crippen LogP contribution in [0.2, 0.25) is 0 Å². The normalized spacial score (nSPS) is 22.6. The van der Waals surface area contributed by atoms with Gasteiger partial charge in [-0.3, -0.25) is 5.10 Å². The minimum atomic E-state index is -0.338. The topological polar surface area (TPSA) is 60.9 Å². The van der Waals surface area contributed by atoms with Crippen molar-refractivity contribution >= 4 is 0 Å². The standard InChI is InChI=1S/C13H15N3O/c17-12-7-9-3-1-2-4-11(9)13(12)14-8-10-5-6-15-16-10/h1-6,12-14,17H,7-8H2,(H,15,16)/t12-,13+/m0/s1. The fourth-order valence-corrected chi connectivity index (χ4v) is 2.42. The van der Waals surface area contributed by atoms with E-state index in [-0.39, 0.29) is 12.1 Å². The fraction of sp³-hybridized carbons (Fsp3) is 0.308. The van der Waals surface area contributed by atoms with E-state index in [1.165, 1.54) is 11.1 Å². The Morgan fingerprint density at radius 1 is 1.35 bits per heavy atom. The second kappa shape index (κ2) is 4.31. The van der Waals surface area contributed by atoms with Crippen LogP contribution in [0.1, 0.15) is 22.9 Å². The van der Waals surface area contributed by atoms with Crippen LogP contribution in [-0.2, 0) is 13.0 Å². The van der Waals surface area contributed by atoms with Crippen molar-refractivity contribution in [3.05, 3.63) is 53.3 Å². The molecule has 1 aromatic carbocycles. The lowest BCUT2D eigenvalue weighted by Crippen LogP contribution is -2.28. The fourth-order valence-electron chi connectivity index (χ4n) is 2.42. The maximum absolute atomic E-state index is 10.1. The number of aliphatic hydroxyl groups is 1. The van der Waals surface area contributed by atoms with Crippen molar-refractivity contribution in [1.29, 1.82) is 0 Å². The second-order valence-corrected chi connectivity index (χ2v) is 4.41. The number of aliphatic hydroxyl groups excluding tert-OH is 1. The predicted octanol–water partition coefficient (Wildman–Crippen LogP) is 1.16. The van der Waals surface area contributed by atoms with Crippen LogP contribution >= 0.6 is 0 Å². The van der Waals surface area contributed by atoms with Gasteiger partial charge >= 0.3 is 0 Å². The number of aromatic nitrogens is 2. The van der Waals surface area contributed by atoms with Gasteiger partial charge in [-0.2, -0.15) is 5.10 Å². The Morgan fingerprint density at radius 2 is 2.24 bits per heavy atom. The maximum Gasteiger partial charge on any atom is 0.0775 e. The van der Waals surface area contributed by atoms with Crippen molar-refractivity contribution in [2.45, 2.75) is 25.1 Å². The number of hydrogen-bond acceptors (Lipinski definition) is 3. The summed E-state index contributed by atoms with van der Waals surface area (Å²) in [5, 5.41) is 20.2. The zero-order chi connectivity index (χ0) is 11.7. The van der Waals surface area contributed by atoms with Gasteiger partial charge in [-0.05, 0) is 17.2 Å². The minimum Gasteiger partial charge on any atom is -0.391 e. The van der Waals surface area contributed by atoms with Crippen LogP contribution in [0.5, 0.6) is 0 Å². The Morgan fingerprint density at radius 3 is 3.06 bits per heavy atom. The number of H-pyrrole nitrogens is 1. The van der Waals surface area contributed by atoms with E-state index < -0.39 is 0 Å². The summed E-state index contributed by atoms with van der Waals surface area (Å²) in [5.41, 5.74) is 3.48. The molecule has 0 radical (unpaired) electrons. The van der Waals surface area contributed by atoms with E-state index in [9.17, 15) is 5.11 Å². The largest absolute Gasteiger partial charge is 0.391 e. The molecule has 0 spiro atoms. The van der Waals surface area contributed by atoms with Gasteiger partial charge in [-0.1, -0.05) is 24.3 Å². The molecule has 0 saturated heterocycles. The van der Waals surface area contributed by atoms with E-state index in [2.05, 4.69) is 27.6 Å². The minimum absolute atomic E-state index is 0.0227. The molecule has 4 heteroatoms. The van der Waals surface area contributed by atoms with Gasteiger partial charge in [0, 0.05) is 24.9 Å². The average molecular weight is 229 g/mol. The lowest BCUT2D eigenvalue weighted by molar-refractivity contribution is 0.140. The highest BCUT2D eigenvalue weighted by Gasteiger charge is 2.29. The van der Waals surface area contributed by atoms with E-state index in [1.807, 2.05) is 18.2 Å². The third-order valence-electron chi connectivity index (χ3n) is 3.27. The lowest BCUT2D eigenvalue weighted by Gasteiger charge is -2.17. The summed E-state index contributed by atoms with van der Waals surface area (Å²) < 4.78 is 0. The smallest absolute Gasteiger partial charge is 0.0775 e. The molecule has 2 aromatic rings. The van der Waals surface area contributed by atoms with E-state index in [0.717, 1.165) is 12.1 Å². The van der Waals surface area contributed by atoms with Gasteiger partial charge in [0.25, 0.3) is 0 Å². The van der Waals surface area contributed by atoms with Gasteiger partial charge in [0.05, 0.1) is 12.1 Å². The SMILES string of the molecule is O[C@H]1Cc2ccccc2[C@H]1NCc1ccn[nH]1. The molecular weight excluding hydrogens is 214 g/mol. The molecular formula is C13H15N3O. The molecule has 17 heavy (non-hydrogen) atoms. The van der Waals surface area contributed by atoms with Crippen LogP contribution in [0.3, 0.4) is 0 Å². The first-order chi connectivity index (χ1) is 8.34. The van der Waals surface area contributed by atoms with Gasteiger partial charge in [-0.25, -0.2) is 0 Å². The third-order valence-corrected chi connectivity index (χ3v) is 3.27. The molecule has 0 fully saturated rings. The van der Waals surface area contributed by atoms with Gasteiger partial charge in [-0.15, -0.1) is 0 Å². The highest BCUT2D eigenvalue weighted by Crippen LogP contribution is 2.31. The second-order valence-electron chi connectivity index (χ2n) is 4.41. The Kier molecular flexibility index (Phi) is 2.66. The quantitative estimate of drug-likeness (QED) is 0.740. The summed E-state index contributed by atoms with van der Waals surface area (Å²) in [5.74, 6) is 0. The van der Waals surface area contributed by atoms with Crippen molar-refractivity contribution in [3.8, 4) is 0 Å². The summed E-state index contributed by atoms with van der Waals surface area (Å²) in [6.07, 6.45) is 2.13. The van der Waals surface area contributed by atoms with Gasteiger partial charge in [0.2, 0.25) is 0 Å². The molecule has 0 unspecified atom stereocenters. The predicted molar refractivity (Wildman–Crippen MR) is 64.3 cm³/mol.